The predicted molar refractivity (Wildman–Crippen MR) is 125 cm³/mol. The van der Waals surface area contributed by atoms with Crippen LogP contribution in [0.2, 0.25) is 0 Å². The van der Waals surface area contributed by atoms with E-state index >= 15 is 0 Å². The van der Waals surface area contributed by atoms with Crippen LogP contribution < -0.4 is 11.1 Å². The number of aromatic nitrogens is 1. The number of carbonyl (C=O) groups excluding carboxylic acids is 1. The monoisotopic (exact) mass is 454 g/mol. The number of ether oxygens (including phenoxy) is 1. The van der Waals surface area contributed by atoms with E-state index in [4.69, 9.17) is 10.5 Å². The molecule has 0 spiro atoms. The van der Waals surface area contributed by atoms with Crippen LogP contribution in [0.4, 0.5) is 5.69 Å². The number of fused-ring (bicyclic) bond motifs is 3. The van der Waals surface area contributed by atoms with Crippen LogP contribution in [0.3, 0.4) is 0 Å². The lowest BCUT2D eigenvalue weighted by atomic mass is 9.84. The zero-order valence-electron chi connectivity index (χ0n) is 17.2. The summed E-state index contributed by atoms with van der Waals surface area (Å²) >= 11 is 0. The van der Waals surface area contributed by atoms with E-state index in [1.807, 2.05) is 6.07 Å². The number of rotatable bonds is 5. The second kappa shape index (κ2) is 9.88. The molecule has 2 heterocycles. The van der Waals surface area contributed by atoms with Crippen molar-refractivity contribution in [3.8, 4) is 0 Å². The van der Waals surface area contributed by atoms with Crippen molar-refractivity contribution < 1.29 is 9.53 Å². The Bertz CT molecular complexity index is 866. The fourth-order valence-electron chi connectivity index (χ4n) is 5.50. The number of nitrogens with two attached hydrogens (primary N) is 1. The molecule has 1 amide bonds. The van der Waals surface area contributed by atoms with E-state index in [1.165, 1.54) is 11.9 Å². The molecular formula is C22H32Cl2N4O2. The Morgan fingerprint density at radius 3 is 2.60 bits per heavy atom. The summed E-state index contributed by atoms with van der Waals surface area (Å²) in [5.41, 5.74) is 8.42. The molecule has 2 aliphatic carbocycles. The van der Waals surface area contributed by atoms with Crippen molar-refractivity contribution >= 4 is 47.3 Å². The maximum absolute atomic E-state index is 12.8. The van der Waals surface area contributed by atoms with Gasteiger partial charge in [-0.15, -0.1) is 24.8 Å². The van der Waals surface area contributed by atoms with Crippen LogP contribution in [0.25, 0.3) is 10.9 Å². The van der Waals surface area contributed by atoms with Crippen LogP contribution in [0.15, 0.2) is 30.5 Å². The summed E-state index contributed by atoms with van der Waals surface area (Å²) in [4.78, 5) is 15.3. The maximum Gasteiger partial charge on any atom is 0.229 e. The minimum Gasteiger partial charge on any atom is -0.379 e. The van der Waals surface area contributed by atoms with Gasteiger partial charge >= 0.3 is 0 Å². The molecule has 3 fully saturated rings. The lowest BCUT2D eigenvalue weighted by Gasteiger charge is -2.27. The third-order valence-electron chi connectivity index (χ3n) is 7.08. The number of hydrogen-bond acceptors (Lipinski definition) is 4. The van der Waals surface area contributed by atoms with Gasteiger partial charge in [-0.2, -0.15) is 0 Å². The van der Waals surface area contributed by atoms with E-state index < -0.39 is 0 Å². The first kappa shape index (κ1) is 23.4. The Balaban J connectivity index is 0.00000128. The molecule has 2 aromatic rings. The molecule has 4 atom stereocenters. The summed E-state index contributed by atoms with van der Waals surface area (Å²) in [6.45, 7) is 5.70. The normalized spacial score (nSPS) is 28.2. The number of halogens is 2. The van der Waals surface area contributed by atoms with Crippen molar-refractivity contribution in [2.45, 2.75) is 31.8 Å². The first-order chi connectivity index (χ1) is 13.7. The highest BCUT2D eigenvalue weighted by Crippen LogP contribution is 2.47. The topological polar surface area (TPSA) is 72.5 Å². The average Bonchev–Trinajstić information content (AvgIpc) is 3.41. The number of amides is 1. The van der Waals surface area contributed by atoms with E-state index in [-0.39, 0.29) is 42.7 Å². The van der Waals surface area contributed by atoms with Gasteiger partial charge in [0.05, 0.1) is 19.1 Å². The summed E-state index contributed by atoms with van der Waals surface area (Å²) in [6, 6.07) is 8.38. The number of nitrogens with one attached hydrogen (secondary N) is 1. The zero-order chi connectivity index (χ0) is 19.1. The fraction of sp³-hybridized carbons (Fsp3) is 0.591. The van der Waals surface area contributed by atoms with Gasteiger partial charge in [-0.05, 0) is 55.4 Å². The van der Waals surface area contributed by atoms with Gasteiger partial charge in [0.25, 0.3) is 0 Å². The van der Waals surface area contributed by atoms with Gasteiger partial charge in [0, 0.05) is 55.0 Å². The van der Waals surface area contributed by atoms with Crippen LogP contribution in [0.5, 0.6) is 0 Å². The van der Waals surface area contributed by atoms with E-state index in [2.05, 4.69) is 39.2 Å². The number of carbonyl (C=O) groups is 1. The molecule has 166 valence electrons. The molecule has 1 aliphatic heterocycles. The molecule has 2 saturated carbocycles. The van der Waals surface area contributed by atoms with Crippen molar-refractivity contribution in [2.75, 3.05) is 38.2 Å². The fourth-order valence-corrected chi connectivity index (χ4v) is 5.50. The molecule has 3 N–H and O–H groups in total. The Labute approximate surface area is 190 Å². The van der Waals surface area contributed by atoms with Gasteiger partial charge < -0.3 is 20.4 Å². The summed E-state index contributed by atoms with van der Waals surface area (Å²) in [6.07, 6.45) is 5.62. The average molecular weight is 455 g/mol. The third-order valence-corrected chi connectivity index (χ3v) is 7.08. The van der Waals surface area contributed by atoms with Gasteiger partial charge in [-0.1, -0.05) is 0 Å². The van der Waals surface area contributed by atoms with E-state index in [1.54, 1.807) is 0 Å². The zero-order valence-corrected chi connectivity index (χ0v) is 18.8. The number of hydrogen-bond donors (Lipinski definition) is 2. The van der Waals surface area contributed by atoms with Crippen molar-refractivity contribution in [1.29, 1.82) is 0 Å². The van der Waals surface area contributed by atoms with Crippen molar-refractivity contribution in [3.05, 3.63) is 30.5 Å². The van der Waals surface area contributed by atoms with Gasteiger partial charge in [0.1, 0.15) is 0 Å². The van der Waals surface area contributed by atoms with Crippen molar-refractivity contribution in [2.24, 2.45) is 23.5 Å². The molecule has 30 heavy (non-hydrogen) atoms. The lowest BCUT2D eigenvalue weighted by molar-refractivity contribution is -0.121. The SMILES string of the molecule is Cl.Cl.NC1C2CCC(C2)C1C(=O)Nc1ccc2c(ccn2CCN2CCOCC2)c1. The minimum atomic E-state index is -0.0208. The van der Waals surface area contributed by atoms with E-state index in [9.17, 15) is 4.79 Å². The number of morpholine rings is 1. The molecule has 5 rings (SSSR count). The molecule has 8 heteroatoms. The first-order valence-corrected chi connectivity index (χ1v) is 10.6. The molecule has 1 aromatic heterocycles. The Hall–Kier alpha value is -1.31. The largest absolute Gasteiger partial charge is 0.379 e. The first-order valence-electron chi connectivity index (χ1n) is 10.6. The maximum atomic E-state index is 12.8. The number of anilines is 1. The Morgan fingerprint density at radius 1 is 1.10 bits per heavy atom. The second-order valence-electron chi connectivity index (χ2n) is 8.66. The summed E-state index contributed by atoms with van der Waals surface area (Å²) in [5, 5.41) is 4.30. The minimum absolute atomic E-state index is 0. The van der Waals surface area contributed by atoms with Crippen LogP contribution in [0, 0.1) is 17.8 Å². The van der Waals surface area contributed by atoms with Gasteiger partial charge in [0.2, 0.25) is 5.91 Å². The summed E-state index contributed by atoms with van der Waals surface area (Å²) < 4.78 is 7.71. The highest BCUT2D eigenvalue weighted by Gasteiger charge is 2.49. The summed E-state index contributed by atoms with van der Waals surface area (Å²) in [7, 11) is 0. The summed E-state index contributed by atoms with van der Waals surface area (Å²) in [5.74, 6) is 1.10. The Morgan fingerprint density at radius 2 is 1.87 bits per heavy atom. The van der Waals surface area contributed by atoms with Gasteiger partial charge in [-0.3, -0.25) is 9.69 Å². The molecule has 6 nitrogen and oxygen atoms in total. The molecule has 1 aromatic carbocycles. The highest BCUT2D eigenvalue weighted by molar-refractivity contribution is 5.96. The lowest BCUT2D eigenvalue weighted by Crippen LogP contribution is -2.42. The quantitative estimate of drug-likeness (QED) is 0.727. The number of benzene rings is 1. The van der Waals surface area contributed by atoms with Crippen LogP contribution in [-0.4, -0.2) is 54.3 Å². The van der Waals surface area contributed by atoms with Crippen molar-refractivity contribution in [1.82, 2.24) is 9.47 Å². The smallest absolute Gasteiger partial charge is 0.229 e. The molecule has 1 saturated heterocycles. The molecule has 3 aliphatic rings. The van der Waals surface area contributed by atoms with E-state index in [0.29, 0.717) is 11.8 Å². The molecule has 4 unspecified atom stereocenters. The second-order valence-corrected chi connectivity index (χ2v) is 8.66. The molecular weight excluding hydrogens is 423 g/mol. The predicted octanol–water partition coefficient (Wildman–Crippen LogP) is 3.13. The Kier molecular flexibility index (Phi) is 7.69. The van der Waals surface area contributed by atoms with Crippen LogP contribution >= 0.6 is 24.8 Å². The van der Waals surface area contributed by atoms with E-state index in [0.717, 1.165) is 63.3 Å². The number of nitrogens with zero attached hydrogens (tertiary/aromatic N) is 2. The third kappa shape index (κ3) is 4.48. The molecule has 2 bridgehead atoms. The molecule has 0 radical (unpaired) electrons. The van der Waals surface area contributed by atoms with Gasteiger partial charge in [-0.25, -0.2) is 0 Å². The highest BCUT2D eigenvalue weighted by atomic mass is 35.5. The standard InChI is InChI=1S/C22H30N4O2.2ClH/c23-21-17-2-1-16(13-17)20(21)22(27)24-18-3-4-19-15(14-18)5-6-26(19)8-7-25-9-11-28-12-10-25;;/h3-6,14,16-17,20-21H,1-2,7-13,23H2,(H,24,27);2*1H. The van der Waals surface area contributed by atoms with Crippen molar-refractivity contribution in [3.63, 3.8) is 0 Å². The van der Waals surface area contributed by atoms with Gasteiger partial charge in [0.15, 0.2) is 0 Å². The van der Waals surface area contributed by atoms with Crippen LogP contribution in [-0.2, 0) is 16.1 Å². The van der Waals surface area contributed by atoms with Crippen LogP contribution in [0.1, 0.15) is 19.3 Å².